The van der Waals surface area contributed by atoms with E-state index in [0.717, 1.165) is 22.8 Å². The van der Waals surface area contributed by atoms with Crippen molar-refractivity contribution in [3.05, 3.63) is 42.0 Å². The van der Waals surface area contributed by atoms with Gasteiger partial charge in [0.05, 0.1) is 4.90 Å². The molecule has 7 heteroatoms. The molecule has 0 aliphatic carbocycles. The minimum Gasteiger partial charge on any atom is -0.282 e. The van der Waals surface area contributed by atoms with Crippen LogP contribution in [0.15, 0.2) is 41.3 Å². The molecule has 0 atom stereocenters. The van der Waals surface area contributed by atoms with Crippen LogP contribution >= 0.6 is 0 Å². The van der Waals surface area contributed by atoms with Crippen LogP contribution in [-0.2, 0) is 28.1 Å². The van der Waals surface area contributed by atoms with E-state index in [4.69, 9.17) is 13.0 Å². The average molecular weight is 302 g/mol. The van der Waals surface area contributed by atoms with Gasteiger partial charge in [-0.2, -0.15) is 8.42 Å². The van der Waals surface area contributed by atoms with Gasteiger partial charge >= 0.3 is 0 Å². The summed E-state index contributed by atoms with van der Waals surface area (Å²) in [7, 11) is -4.11. The first-order valence-corrected chi connectivity index (χ1v) is 7.67. The van der Waals surface area contributed by atoms with Crippen LogP contribution in [-0.4, -0.2) is 21.4 Å². The molecule has 0 heterocycles. The van der Waals surface area contributed by atoms with E-state index >= 15 is 0 Å². The number of hydrogen-bond donors (Lipinski definition) is 1. The van der Waals surface area contributed by atoms with Crippen LogP contribution in [0.1, 0.15) is 12.5 Å². The lowest BCUT2D eigenvalue weighted by molar-refractivity contribution is 0.483. The Balaban J connectivity index is 0.000000550. The van der Waals surface area contributed by atoms with E-state index in [1.54, 1.807) is 6.07 Å². The van der Waals surface area contributed by atoms with E-state index in [9.17, 15) is 8.42 Å². The molecule has 0 spiro atoms. The van der Waals surface area contributed by atoms with Crippen LogP contribution in [0.2, 0.25) is 0 Å². The third-order valence-electron chi connectivity index (χ3n) is 2.58. The summed E-state index contributed by atoms with van der Waals surface area (Å²) >= 11 is -1.42. The summed E-state index contributed by atoms with van der Waals surface area (Å²) in [6, 6.07) is 10.5. The second-order valence-electron chi connectivity index (χ2n) is 3.76. The van der Waals surface area contributed by atoms with Crippen molar-refractivity contribution in [2.45, 2.75) is 18.2 Å². The number of hydrogen-bond acceptors (Lipinski definition) is 4. The third-order valence-corrected chi connectivity index (χ3v) is 3.43. The van der Waals surface area contributed by atoms with Gasteiger partial charge in [0.1, 0.15) is 11.6 Å². The summed E-state index contributed by atoms with van der Waals surface area (Å²) in [6.07, 6.45) is 0.895. The lowest BCUT2D eigenvalue weighted by Crippen LogP contribution is -1.97. The first-order chi connectivity index (χ1) is 8.92. The van der Waals surface area contributed by atoms with Crippen molar-refractivity contribution in [2.24, 2.45) is 0 Å². The molecule has 0 saturated carbocycles. The van der Waals surface area contributed by atoms with Gasteiger partial charge in [-0.05, 0) is 34.9 Å². The maximum atomic E-state index is 11.0. The van der Waals surface area contributed by atoms with Crippen LogP contribution in [0.5, 0.6) is 0 Å². The molecule has 0 radical (unpaired) electrons. The molecule has 0 aliphatic heterocycles. The van der Waals surface area contributed by atoms with Crippen molar-refractivity contribution >= 4 is 32.5 Å². The number of aryl methyl sites for hydroxylation is 1. The molecule has 0 unspecified atom stereocenters. The van der Waals surface area contributed by atoms with Gasteiger partial charge in [-0.25, -0.2) is 8.42 Å². The fourth-order valence-corrected chi connectivity index (χ4v) is 2.17. The van der Waals surface area contributed by atoms with E-state index < -0.39 is 21.7 Å². The number of fused-ring (bicyclic) bond motifs is 1. The Kier molecular flexibility index (Phi) is 5.46. The molecule has 104 valence electrons. The van der Waals surface area contributed by atoms with Crippen LogP contribution < -0.4 is 0 Å². The van der Waals surface area contributed by atoms with Crippen LogP contribution in [0.3, 0.4) is 0 Å². The summed E-state index contributed by atoms with van der Waals surface area (Å²) in [5, 5.41) is 1.79. The molecule has 2 aromatic rings. The van der Waals surface area contributed by atoms with Crippen molar-refractivity contribution in [2.75, 3.05) is 0 Å². The predicted octanol–water partition coefficient (Wildman–Crippen LogP) is 1.44. The smallest absolute Gasteiger partial charge is 0.282 e. The zero-order valence-electron chi connectivity index (χ0n) is 10.2. The SMILES string of the molecule is CCc1ccc2ccc(S(=O)(=O)O)cc2c1.O=[SH2]=O. The van der Waals surface area contributed by atoms with Crippen molar-refractivity contribution in [3.63, 3.8) is 0 Å². The standard InChI is InChI=1S/C12H12O3S.H2O2S/c1-2-9-3-4-10-5-6-12(16(13,14)15)8-11(10)7-9;1-3-2/h3-8H,2H2,1H3,(H,13,14,15);3H2. The van der Waals surface area contributed by atoms with E-state index in [1.807, 2.05) is 25.1 Å². The van der Waals surface area contributed by atoms with Crippen molar-refractivity contribution in [1.82, 2.24) is 0 Å². The molecular formula is C12H14O5S2. The molecule has 0 saturated heterocycles. The maximum absolute atomic E-state index is 11.0. The van der Waals surface area contributed by atoms with E-state index in [-0.39, 0.29) is 4.90 Å². The summed E-state index contributed by atoms with van der Waals surface area (Å²) in [6.45, 7) is 2.04. The quantitative estimate of drug-likeness (QED) is 0.848. The number of rotatable bonds is 2. The Morgan fingerprint density at radius 1 is 1.05 bits per heavy atom. The highest BCUT2D eigenvalue weighted by atomic mass is 32.2. The molecule has 2 aromatic carbocycles. The van der Waals surface area contributed by atoms with Gasteiger partial charge in [0.2, 0.25) is 0 Å². The average Bonchev–Trinajstić information content (AvgIpc) is 2.37. The van der Waals surface area contributed by atoms with E-state index in [2.05, 4.69) is 0 Å². The second-order valence-corrected chi connectivity index (χ2v) is 5.34. The Hall–Kier alpha value is -1.44. The second kappa shape index (κ2) is 6.65. The van der Waals surface area contributed by atoms with Crippen LogP contribution in [0, 0.1) is 0 Å². The maximum Gasteiger partial charge on any atom is 0.294 e. The summed E-state index contributed by atoms with van der Waals surface area (Å²) < 4.78 is 47.7. The highest BCUT2D eigenvalue weighted by Crippen LogP contribution is 2.20. The van der Waals surface area contributed by atoms with Gasteiger partial charge in [0.25, 0.3) is 10.1 Å². The fraction of sp³-hybridized carbons (Fsp3) is 0.167. The van der Waals surface area contributed by atoms with E-state index in [1.165, 1.54) is 12.1 Å². The minimum atomic E-state index is -4.11. The Morgan fingerprint density at radius 3 is 2.16 bits per heavy atom. The van der Waals surface area contributed by atoms with E-state index in [0.29, 0.717) is 0 Å². The van der Waals surface area contributed by atoms with Crippen molar-refractivity contribution in [3.8, 4) is 0 Å². The predicted molar refractivity (Wildman–Crippen MR) is 74.9 cm³/mol. The Labute approximate surface area is 114 Å². The first kappa shape index (κ1) is 15.6. The largest absolute Gasteiger partial charge is 0.294 e. The van der Waals surface area contributed by atoms with Crippen molar-refractivity contribution in [1.29, 1.82) is 0 Å². The summed E-state index contributed by atoms with van der Waals surface area (Å²) in [5.41, 5.74) is 1.14. The normalized spacial score (nSPS) is 10.8. The molecule has 19 heavy (non-hydrogen) atoms. The number of benzene rings is 2. The molecule has 0 fully saturated rings. The highest BCUT2D eigenvalue weighted by Gasteiger charge is 2.09. The monoisotopic (exact) mass is 302 g/mol. The Bertz CT molecular complexity index is 716. The van der Waals surface area contributed by atoms with Crippen molar-refractivity contribution < 1.29 is 21.4 Å². The lowest BCUT2D eigenvalue weighted by Gasteiger charge is -2.03. The fourth-order valence-electron chi connectivity index (χ4n) is 1.65. The van der Waals surface area contributed by atoms with Crippen LogP contribution in [0.4, 0.5) is 0 Å². The third kappa shape index (κ3) is 4.30. The first-order valence-electron chi connectivity index (χ1n) is 5.42. The molecule has 1 N–H and O–H groups in total. The van der Waals surface area contributed by atoms with Gasteiger partial charge in [-0.3, -0.25) is 4.55 Å². The molecule has 0 amide bonds. The molecule has 2 rings (SSSR count). The molecular weight excluding hydrogens is 288 g/mol. The van der Waals surface area contributed by atoms with Gasteiger partial charge in [0.15, 0.2) is 0 Å². The van der Waals surface area contributed by atoms with Crippen LogP contribution in [0.25, 0.3) is 10.8 Å². The van der Waals surface area contributed by atoms with Gasteiger partial charge in [-0.15, -0.1) is 0 Å². The minimum absolute atomic E-state index is 0.0618. The zero-order valence-corrected chi connectivity index (χ0v) is 12.0. The molecule has 0 aliphatic rings. The summed E-state index contributed by atoms with van der Waals surface area (Å²) in [5.74, 6) is 0. The zero-order chi connectivity index (χ0) is 14.5. The highest BCUT2D eigenvalue weighted by molar-refractivity contribution is 7.85. The van der Waals surface area contributed by atoms with Gasteiger partial charge in [0, 0.05) is 0 Å². The Morgan fingerprint density at radius 2 is 1.63 bits per heavy atom. The molecule has 0 bridgehead atoms. The van der Waals surface area contributed by atoms with Gasteiger partial charge < -0.3 is 0 Å². The molecule has 0 aromatic heterocycles. The van der Waals surface area contributed by atoms with Gasteiger partial charge in [-0.1, -0.05) is 31.2 Å². The summed E-state index contributed by atoms with van der Waals surface area (Å²) in [4.78, 5) is -0.0618. The topological polar surface area (TPSA) is 88.5 Å². The molecule has 5 nitrogen and oxygen atoms in total. The lowest BCUT2D eigenvalue weighted by atomic mass is 10.1.